The van der Waals surface area contributed by atoms with Crippen LogP contribution < -0.4 is 10.2 Å². The molecule has 25 heavy (non-hydrogen) atoms. The van der Waals surface area contributed by atoms with Crippen molar-refractivity contribution >= 4 is 15.9 Å². The van der Waals surface area contributed by atoms with E-state index in [0.717, 1.165) is 4.31 Å². The van der Waals surface area contributed by atoms with Crippen LogP contribution in [0.15, 0.2) is 59.5 Å². The van der Waals surface area contributed by atoms with E-state index < -0.39 is 22.0 Å². The minimum absolute atomic E-state index is 0.0746. The van der Waals surface area contributed by atoms with Crippen LogP contribution in [-0.2, 0) is 14.8 Å². The molecule has 1 saturated heterocycles. The Balaban J connectivity index is 1.80. The predicted octanol–water partition coefficient (Wildman–Crippen LogP) is 2.14. The molecule has 8 heteroatoms. The summed E-state index contributed by atoms with van der Waals surface area (Å²) in [5, 5.41) is 8.79. The van der Waals surface area contributed by atoms with E-state index >= 15 is 0 Å². The number of hydroxylamine groups is 1. The molecule has 132 valence electrons. The minimum atomic E-state index is -3.83. The number of nitrogens with zero attached hydrogens (tertiary/aromatic N) is 1. The number of amides is 1. The number of sulfonamides is 1. The van der Waals surface area contributed by atoms with Crippen LogP contribution in [0, 0.1) is 0 Å². The summed E-state index contributed by atoms with van der Waals surface area (Å²) >= 11 is 0. The fraction of sp³-hybridized carbons (Fsp3) is 0.235. The van der Waals surface area contributed by atoms with Gasteiger partial charge in [-0.05, 0) is 49.2 Å². The van der Waals surface area contributed by atoms with Gasteiger partial charge in [0.15, 0.2) is 0 Å². The second-order valence-electron chi connectivity index (χ2n) is 5.64. The Morgan fingerprint density at radius 3 is 2.36 bits per heavy atom. The molecule has 2 aromatic rings. The van der Waals surface area contributed by atoms with Gasteiger partial charge in [-0.2, -0.15) is 4.31 Å². The van der Waals surface area contributed by atoms with Gasteiger partial charge >= 0.3 is 0 Å². The topological polar surface area (TPSA) is 95.9 Å². The summed E-state index contributed by atoms with van der Waals surface area (Å²) < 4.78 is 32.3. The lowest BCUT2D eigenvalue weighted by Crippen LogP contribution is -2.44. The number of carbonyl (C=O) groups is 1. The second-order valence-corrected chi connectivity index (χ2v) is 7.53. The molecule has 1 fully saturated rings. The Morgan fingerprint density at radius 2 is 1.72 bits per heavy atom. The third-order valence-electron chi connectivity index (χ3n) is 4.03. The number of ether oxygens (including phenoxy) is 1. The minimum Gasteiger partial charge on any atom is -0.457 e. The van der Waals surface area contributed by atoms with Crippen LogP contribution in [0.25, 0.3) is 0 Å². The molecule has 1 aliphatic rings. The van der Waals surface area contributed by atoms with Gasteiger partial charge in [-0.15, -0.1) is 0 Å². The van der Waals surface area contributed by atoms with E-state index in [1.54, 1.807) is 24.3 Å². The Bertz CT molecular complexity index is 837. The number of hydrogen-bond acceptors (Lipinski definition) is 5. The van der Waals surface area contributed by atoms with Gasteiger partial charge in [-0.25, -0.2) is 13.9 Å². The number of para-hydroxylation sites is 1. The Kier molecular flexibility index (Phi) is 5.03. The number of nitrogens with one attached hydrogen (secondary N) is 1. The zero-order valence-corrected chi connectivity index (χ0v) is 14.1. The highest BCUT2D eigenvalue weighted by Crippen LogP contribution is 2.28. The summed E-state index contributed by atoms with van der Waals surface area (Å²) in [5.74, 6) is 0.443. The molecule has 1 unspecified atom stereocenters. The zero-order valence-electron chi connectivity index (χ0n) is 13.3. The maximum absolute atomic E-state index is 12.8. The van der Waals surface area contributed by atoms with E-state index in [1.165, 1.54) is 17.6 Å². The van der Waals surface area contributed by atoms with E-state index in [2.05, 4.69) is 0 Å². The lowest BCUT2D eigenvalue weighted by atomic mass is 10.2. The monoisotopic (exact) mass is 362 g/mol. The highest BCUT2D eigenvalue weighted by molar-refractivity contribution is 7.89. The van der Waals surface area contributed by atoms with Crippen LogP contribution in [0.3, 0.4) is 0 Å². The summed E-state index contributed by atoms with van der Waals surface area (Å²) in [6.45, 7) is 0.239. The highest BCUT2D eigenvalue weighted by atomic mass is 32.2. The first kappa shape index (κ1) is 17.4. The van der Waals surface area contributed by atoms with Gasteiger partial charge in [0.05, 0.1) is 4.90 Å². The summed E-state index contributed by atoms with van der Waals surface area (Å²) in [4.78, 5) is 11.7. The van der Waals surface area contributed by atoms with Crippen LogP contribution in [0.2, 0.25) is 0 Å². The van der Waals surface area contributed by atoms with Crippen LogP contribution in [0.5, 0.6) is 11.5 Å². The van der Waals surface area contributed by atoms with Crippen LogP contribution >= 0.6 is 0 Å². The van der Waals surface area contributed by atoms with E-state index in [9.17, 15) is 13.2 Å². The maximum Gasteiger partial charge on any atom is 0.261 e. The largest absolute Gasteiger partial charge is 0.457 e. The van der Waals surface area contributed by atoms with Gasteiger partial charge in [0.2, 0.25) is 10.0 Å². The van der Waals surface area contributed by atoms with Crippen molar-refractivity contribution in [1.82, 2.24) is 9.79 Å². The van der Waals surface area contributed by atoms with Gasteiger partial charge in [-0.3, -0.25) is 10.0 Å². The van der Waals surface area contributed by atoms with Crippen molar-refractivity contribution in [3.05, 3.63) is 54.6 Å². The summed E-state index contributed by atoms with van der Waals surface area (Å²) in [5.41, 5.74) is 1.53. The molecule has 0 aliphatic carbocycles. The van der Waals surface area contributed by atoms with Crippen molar-refractivity contribution < 1.29 is 23.2 Å². The van der Waals surface area contributed by atoms with Crippen LogP contribution in [0.1, 0.15) is 12.8 Å². The highest BCUT2D eigenvalue weighted by Gasteiger charge is 2.39. The lowest BCUT2D eigenvalue weighted by Gasteiger charge is -2.22. The molecule has 0 saturated carbocycles. The van der Waals surface area contributed by atoms with Crippen molar-refractivity contribution in [3.63, 3.8) is 0 Å². The first-order valence-corrected chi connectivity index (χ1v) is 9.25. The van der Waals surface area contributed by atoms with Crippen LogP contribution in [-0.4, -0.2) is 36.4 Å². The standard InChI is InChI=1S/C17H18N2O5S/c20-17(18-21)16-7-4-12-19(16)25(22,23)15-10-8-14(9-11-15)24-13-5-2-1-3-6-13/h1-3,5-6,8-11,16,21H,4,7,12H2,(H,18,20). The number of benzene rings is 2. The molecule has 1 heterocycles. The predicted molar refractivity (Wildman–Crippen MR) is 89.8 cm³/mol. The molecule has 0 radical (unpaired) electrons. The molecular weight excluding hydrogens is 344 g/mol. The quantitative estimate of drug-likeness (QED) is 0.627. The summed E-state index contributed by atoms with van der Waals surface area (Å²) in [7, 11) is -3.83. The van der Waals surface area contributed by atoms with Gasteiger partial charge in [-0.1, -0.05) is 18.2 Å². The van der Waals surface area contributed by atoms with Crippen molar-refractivity contribution in [3.8, 4) is 11.5 Å². The van der Waals surface area contributed by atoms with E-state index in [4.69, 9.17) is 9.94 Å². The molecule has 1 amide bonds. The molecule has 0 spiro atoms. The Morgan fingerprint density at radius 1 is 1.08 bits per heavy atom. The van der Waals surface area contributed by atoms with Gasteiger partial charge < -0.3 is 4.74 Å². The van der Waals surface area contributed by atoms with Crippen molar-refractivity contribution in [1.29, 1.82) is 0 Å². The molecular formula is C17H18N2O5S. The first-order valence-electron chi connectivity index (χ1n) is 7.81. The second kappa shape index (κ2) is 7.22. The summed E-state index contributed by atoms with van der Waals surface area (Å²) in [6.07, 6.45) is 0.938. The average Bonchev–Trinajstić information content (AvgIpc) is 3.13. The fourth-order valence-electron chi connectivity index (χ4n) is 2.80. The van der Waals surface area contributed by atoms with E-state index in [1.807, 2.05) is 18.2 Å². The molecule has 3 rings (SSSR count). The Labute approximate surface area is 145 Å². The zero-order chi connectivity index (χ0) is 17.9. The molecule has 0 bridgehead atoms. The van der Waals surface area contributed by atoms with Gasteiger partial charge in [0.25, 0.3) is 5.91 Å². The van der Waals surface area contributed by atoms with Crippen LogP contribution in [0.4, 0.5) is 0 Å². The molecule has 2 N–H and O–H groups in total. The lowest BCUT2D eigenvalue weighted by molar-refractivity contribution is -0.132. The SMILES string of the molecule is O=C(NO)C1CCCN1S(=O)(=O)c1ccc(Oc2ccccc2)cc1. The number of hydrogen-bond donors (Lipinski definition) is 2. The van der Waals surface area contributed by atoms with Crippen molar-refractivity contribution in [2.75, 3.05) is 6.54 Å². The number of carbonyl (C=O) groups excluding carboxylic acids is 1. The third kappa shape index (κ3) is 3.65. The molecule has 0 aromatic heterocycles. The fourth-order valence-corrected chi connectivity index (χ4v) is 4.46. The molecule has 7 nitrogen and oxygen atoms in total. The van der Waals surface area contributed by atoms with Gasteiger partial charge in [0.1, 0.15) is 17.5 Å². The molecule has 1 atom stereocenters. The molecule has 1 aliphatic heterocycles. The van der Waals surface area contributed by atoms with E-state index in [0.29, 0.717) is 24.3 Å². The normalized spacial score (nSPS) is 18.0. The van der Waals surface area contributed by atoms with E-state index in [-0.39, 0.29) is 11.4 Å². The summed E-state index contributed by atoms with van der Waals surface area (Å²) in [6, 6.07) is 14.3. The van der Waals surface area contributed by atoms with Crippen molar-refractivity contribution in [2.24, 2.45) is 0 Å². The van der Waals surface area contributed by atoms with Gasteiger partial charge in [0, 0.05) is 6.54 Å². The third-order valence-corrected chi connectivity index (χ3v) is 5.95. The Hall–Kier alpha value is -2.42. The smallest absolute Gasteiger partial charge is 0.261 e. The molecule has 2 aromatic carbocycles. The van der Waals surface area contributed by atoms with Crippen molar-refractivity contribution in [2.45, 2.75) is 23.8 Å². The number of rotatable bonds is 5. The maximum atomic E-state index is 12.8. The first-order chi connectivity index (χ1) is 12.0. The average molecular weight is 362 g/mol.